The van der Waals surface area contributed by atoms with Crippen LogP contribution in [0.4, 0.5) is 0 Å². The van der Waals surface area contributed by atoms with Gasteiger partial charge < -0.3 is 19.7 Å². The first-order chi connectivity index (χ1) is 11.1. The number of benzene rings is 2. The van der Waals surface area contributed by atoms with Gasteiger partial charge in [-0.2, -0.15) is 0 Å². The Morgan fingerprint density at radius 3 is 2.57 bits per heavy atom. The van der Waals surface area contributed by atoms with Gasteiger partial charge in [0.05, 0.1) is 24.2 Å². The van der Waals surface area contributed by atoms with Gasteiger partial charge in [0, 0.05) is 5.56 Å². The standard InChI is InChI=1S/C18H16O5/c1-10-2-5-16-17(13(10)8-20)18(22)14(9-23-16)11-3-4-15(21)12(6-11)7-19/h2-6,9,19-21H,7-8H2,1H3. The number of hydrogen-bond donors (Lipinski definition) is 3. The molecule has 0 fully saturated rings. The molecule has 0 unspecified atom stereocenters. The number of aliphatic hydroxyl groups excluding tert-OH is 2. The van der Waals surface area contributed by atoms with Crippen molar-refractivity contribution in [2.45, 2.75) is 20.1 Å². The van der Waals surface area contributed by atoms with Crippen LogP contribution in [0.25, 0.3) is 22.1 Å². The Bertz CT molecular complexity index is 940. The molecular formula is C18H16O5. The van der Waals surface area contributed by atoms with Crippen LogP contribution < -0.4 is 5.43 Å². The number of hydrogen-bond acceptors (Lipinski definition) is 5. The Hall–Kier alpha value is -2.63. The molecule has 23 heavy (non-hydrogen) atoms. The molecule has 0 saturated heterocycles. The molecule has 5 heteroatoms. The molecule has 3 N–H and O–H groups in total. The highest BCUT2D eigenvalue weighted by molar-refractivity contribution is 5.85. The summed E-state index contributed by atoms with van der Waals surface area (Å²) in [4.78, 5) is 12.8. The van der Waals surface area contributed by atoms with Gasteiger partial charge in [-0.15, -0.1) is 0 Å². The molecule has 0 bridgehead atoms. The zero-order valence-corrected chi connectivity index (χ0v) is 12.5. The molecular weight excluding hydrogens is 296 g/mol. The molecule has 3 rings (SSSR count). The van der Waals surface area contributed by atoms with Gasteiger partial charge in [-0.05, 0) is 41.8 Å². The topological polar surface area (TPSA) is 90.9 Å². The average Bonchev–Trinajstić information content (AvgIpc) is 2.56. The molecule has 3 aromatic rings. The maximum absolute atomic E-state index is 12.8. The lowest BCUT2D eigenvalue weighted by atomic mass is 9.99. The first-order valence-electron chi connectivity index (χ1n) is 7.14. The summed E-state index contributed by atoms with van der Waals surface area (Å²) in [5.41, 5.74) is 2.68. The van der Waals surface area contributed by atoms with Gasteiger partial charge in [-0.25, -0.2) is 0 Å². The van der Waals surface area contributed by atoms with Crippen molar-refractivity contribution < 1.29 is 19.7 Å². The lowest BCUT2D eigenvalue weighted by Crippen LogP contribution is -2.08. The van der Waals surface area contributed by atoms with E-state index in [-0.39, 0.29) is 24.4 Å². The second-order valence-electron chi connectivity index (χ2n) is 5.37. The summed E-state index contributed by atoms with van der Waals surface area (Å²) in [6.07, 6.45) is 1.36. The van der Waals surface area contributed by atoms with Crippen molar-refractivity contribution in [2.24, 2.45) is 0 Å². The summed E-state index contributed by atoms with van der Waals surface area (Å²) < 4.78 is 5.54. The molecule has 2 aromatic carbocycles. The summed E-state index contributed by atoms with van der Waals surface area (Å²) in [5, 5.41) is 28.8. The van der Waals surface area contributed by atoms with Crippen LogP contribution in [0.5, 0.6) is 5.75 Å². The third-order valence-corrected chi connectivity index (χ3v) is 4.00. The van der Waals surface area contributed by atoms with Gasteiger partial charge in [-0.1, -0.05) is 12.1 Å². The van der Waals surface area contributed by atoms with Crippen LogP contribution in [0.1, 0.15) is 16.7 Å². The van der Waals surface area contributed by atoms with E-state index in [9.17, 15) is 20.1 Å². The van der Waals surface area contributed by atoms with E-state index in [2.05, 4.69) is 0 Å². The number of aromatic hydroxyl groups is 1. The Labute approximate surface area is 132 Å². The van der Waals surface area contributed by atoms with Gasteiger partial charge in [-0.3, -0.25) is 4.79 Å². The number of aliphatic hydroxyl groups is 2. The SMILES string of the molecule is Cc1ccc2occ(-c3ccc(O)c(CO)c3)c(=O)c2c1CO. The quantitative estimate of drug-likeness (QED) is 0.691. The van der Waals surface area contributed by atoms with Crippen LogP contribution in [0.15, 0.2) is 45.8 Å². The maximum atomic E-state index is 12.8. The predicted molar refractivity (Wildman–Crippen MR) is 86.2 cm³/mol. The van der Waals surface area contributed by atoms with Crippen LogP contribution in [-0.4, -0.2) is 15.3 Å². The first-order valence-corrected chi connectivity index (χ1v) is 7.14. The predicted octanol–water partition coefficient (Wildman–Crippen LogP) is 2.46. The van der Waals surface area contributed by atoms with E-state index in [1.807, 2.05) is 6.92 Å². The normalized spacial score (nSPS) is 11.1. The minimum atomic E-state index is -0.334. The van der Waals surface area contributed by atoms with Crippen molar-refractivity contribution in [1.29, 1.82) is 0 Å². The largest absolute Gasteiger partial charge is 0.508 e. The van der Waals surface area contributed by atoms with Crippen molar-refractivity contribution in [1.82, 2.24) is 0 Å². The molecule has 0 aliphatic heterocycles. The molecule has 1 heterocycles. The average molecular weight is 312 g/mol. The van der Waals surface area contributed by atoms with Crippen LogP contribution in [0, 0.1) is 6.92 Å². The zero-order chi connectivity index (χ0) is 16.6. The fourth-order valence-electron chi connectivity index (χ4n) is 2.67. The van der Waals surface area contributed by atoms with E-state index in [1.165, 1.54) is 12.3 Å². The van der Waals surface area contributed by atoms with Crippen molar-refractivity contribution in [3.63, 3.8) is 0 Å². The third kappa shape index (κ3) is 2.50. The minimum Gasteiger partial charge on any atom is -0.508 e. The van der Waals surface area contributed by atoms with Crippen molar-refractivity contribution in [3.8, 4) is 16.9 Å². The zero-order valence-electron chi connectivity index (χ0n) is 12.5. The van der Waals surface area contributed by atoms with Crippen LogP contribution in [0.3, 0.4) is 0 Å². The summed E-state index contributed by atoms with van der Waals surface area (Å²) in [5.74, 6) is -0.0340. The summed E-state index contributed by atoms with van der Waals surface area (Å²) in [6.45, 7) is 1.23. The van der Waals surface area contributed by atoms with Gasteiger partial charge in [0.15, 0.2) is 0 Å². The highest BCUT2D eigenvalue weighted by atomic mass is 16.3. The van der Waals surface area contributed by atoms with Crippen LogP contribution in [-0.2, 0) is 13.2 Å². The number of rotatable bonds is 3. The van der Waals surface area contributed by atoms with E-state index in [4.69, 9.17) is 4.42 Å². The number of phenols is 1. The fraction of sp³-hybridized carbons (Fsp3) is 0.167. The molecule has 0 atom stereocenters. The Morgan fingerprint density at radius 1 is 1.09 bits per heavy atom. The van der Waals surface area contributed by atoms with E-state index in [1.54, 1.807) is 24.3 Å². The molecule has 0 spiro atoms. The molecule has 0 amide bonds. The lowest BCUT2D eigenvalue weighted by Gasteiger charge is -2.09. The fourth-order valence-corrected chi connectivity index (χ4v) is 2.67. The smallest absolute Gasteiger partial charge is 0.200 e. The Balaban J connectivity index is 2.32. The second kappa shape index (κ2) is 5.87. The maximum Gasteiger partial charge on any atom is 0.200 e. The van der Waals surface area contributed by atoms with Gasteiger partial charge in [0.1, 0.15) is 17.6 Å². The number of fused-ring (bicyclic) bond motifs is 1. The van der Waals surface area contributed by atoms with Gasteiger partial charge in [0.2, 0.25) is 5.43 Å². The van der Waals surface area contributed by atoms with Gasteiger partial charge >= 0.3 is 0 Å². The highest BCUT2D eigenvalue weighted by Gasteiger charge is 2.15. The van der Waals surface area contributed by atoms with E-state index in [0.717, 1.165) is 5.56 Å². The molecule has 0 radical (unpaired) electrons. The molecule has 0 aliphatic rings. The van der Waals surface area contributed by atoms with Crippen molar-refractivity contribution >= 4 is 11.0 Å². The molecule has 1 aromatic heterocycles. The first kappa shape index (κ1) is 15.3. The van der Waals surface area contributed by atoms with E-state index >= 15 is 0 Å². The number of aryl methyl sites for hydroxylation is 1. The highest BCUT2D eigenvalue weighted by Crippen LogP contribution is 2.27. The lowest BCUT2D eigenvalue weighted by molar-refractivity contribution is 0.275. The minimum absolute atomic E-state index is 0.0340. The third-order valence-electron chi connectivity index (χ3n) is 4.00. The molecule has 0 saturated carbocycles. The van der Waals surface area contributed by atoms with Crippen LogP contribution >= 0.6 is 0 Å². The monoisotopic (exact) mass is 312 g/mol. The van der Waals surface area contributed by atoms with Gasteiger partial charge in [0.25, 0.3) is 0 Å². The van der Waals surface area contributed by atoms with Crippen molar-refractivity contribution in [2.75, 3.05) is 0 Å². The molecule has 0 aliphatic carbocycles. The summed E-state index contributed by atoms with van der Waals surface area (Å²) >= 11 is 0. The van der Waals surface area contributed by atoms with Crippen LogP contribution in [0.2, 0.25) is 0 Å². The van der Waals surface area contributed by atoms with Crippen molar-refractivity contribution in [3.05, 3.63) is 63.5 Å². The summed E-state index contributed by atoms with van der Waals surface area (Å²) in [6, 6.07) is 8.04. The summed E-state index contributed by atoms with van der Waals surface area (Å²) in [7, 11) is 0. The van der Waals surface area contributed by atoms with E-state index in [0.29, 0.717) is 33.2 Å². The molecule has 5 nitrogen and oxygen atoms in total. The second-order valence-corrected chi connectivity index (χ2v) is 5.37. The van der Waals surface area contributed by atoms with E-state index < -0.39 is 0 Å². The Morgan fingerprint density at radius 2 is 1.87 bits per heavy atom. The Kier molecular flexibility index (Phi) is 3.90. The molecule has 118 valence electrons.